The first-order chi connectivity index (χ1) is 10.9. The predicted molar refractivity (Wildman–Crippen MR) is 72.2 cm³/mol. The van der Waals surface area contributed by atoms with Gasteiger partial charge in [0.05, 0.1) is 17.0 Å². The number of nitrogens with zero attached hydrogens (tertiary/aromatic N) is 1. The van der Waals surface area contributed by atoms with Crippen molar-refractivity contribution in [2.75, 3.05) is 13.1 Å². The normalized spacial score (nSPS) is 21.0. The number of hydrogen-bond acceptors (Lipinski definition) is 2. The maximum absolute atomic E-state index is 12.9. The van der Waals surface area contributed by atoms with Gasteiger partial charge < -0.3 is 5.11 Å². The number of likely N-dealkylation sites (tertiary alicyclic amines) is 1. The Hall–Kier alpha value is -1.77. The first kappa shape index (κ1) is 18.6. The lowest BCUT2D eigenvalue weighted by molar-refractivity contribution is -0.143. The van der Waals surface area contributed by atoms with Crippen molar-refractivity contribution in [1.82, 2.24) is 4.90 Å². The Morgan fingerprint density at radius 2 is 1.62 bits per heavy atom. The van der Waals surface area contributed by atoms with E-state index in [2.05, 4.69) is 0 Å². The lowest BCUT2D eigenvalue weighted by Crippen LogP contribution is -2.27. The van der Waals surface area contributed by atoms with Crippen LogP contribution in [0.3, 0.4) is 0 Å². The van der Waals surface area contributed by atoms with E-state index in [-0.39, 0.29) is 18.2 Å². The molecule has 1 aromatic carbocycles. The molecule has 1 saturated heterocycles. The molecule has 0 spiro atoms. The minimum atomic E-state index is -4.90. The van der Waals surface area contributed by atoms with Crippen LogP contribution in [0.15, 0.2) is 18.2 Å². The van der Waals surface area contributed by atoms with E-state index in [0.29, 0.717) is 25.1 Å². The Labute approximate surface area is 133 Å². The van der Waals surface area contributed by atoms with Crippen molar-refractivity contribution in [2.45, 2.75) is 31.7 Å². The van der Waals surface area contributed by atoms with Gasteiger partial charge in [0.1, 0.15) is 0 Å². The number of benzene rings is 1. The Morgan fingerprint density at radius 1 is 1.12 bits per heavy atom. The predicted octanol–water partition coefficient (Wildman–Crippen LogP) is 4.19. The fourth-order valence-electron chi connectivity index (χ4n) is 2.77. The van der Waals surface area contributed by atoms with E-state index in [4.69, 9.17) is 5.11 Å². The summed E-state index contributed by atoms with van der Waals surface area (Å²) in [5.74, 6) is -1.69. The van der Waals surface area contributed by atoms with Crippen LogP contribution in [0, 0.1) is 5.92 Å². The molecule has 0 aliphatic carbocycles. The van der Waals surface area contributed by atoms with Crippen LogP contribution in [0.5, 0.6) is 0 Å². The van der Waals surface area contributed by atoms with Crippen LogP contribution in [0.25, 0.3) is 0 Å². The van der Waals surface area contributed by atoms with E-state index in [0.717, 1.165) is 0 Å². The first-order valence-electron chi connectivity index (χ1n) is 7.16. The van der Waals surface area contributed by atoms with E-state index in [1.165, 1.54) is 6.92 Å². The second-order valence-corrected chi connectivity index (χ2v) is 5.83. The van der Waals surface area contributed by atoms with Gasteiger partial charge in [-0.05, 0) is 43.7 Å². The van der Waals surface area contributed by atoms with Gasteiger partial charge in [0.25, 0.3) is 0 Å². The van der Waals surface area contributed by atoms with Crippen molar-refractivity contribution in [3.63, 3.8) is 0 Å². The molecule has 2 unspecified atom stereocenters. The van der Waals surface area contributed by atoms with E-state index < -0.39 is 41.4 Å². The molecule has 0 radical (unpaired) electrons. The molecular formula is C15H15F6NO2. The van der Waals surface area contributed by atoms with E-state index in [9.17, 15) is 31.1 Å². The van der Waals surface area contributed by atoms with Crippen LogP contribution >= 0.6 is 0 Å². The highest BCUT2D eigenvalue weighted by Gasteiger charge is 2.38. The summed E-state index contributed by atoms with van der Waals surface area (Å²) < 4.78 is 77.3. The van der Waals surface area contributed by atoms with E-state index in [1.807, 2.05) is 0 Å². The number of rotatable bonds is 3. The maximum atomic E-state index is 12.9. The lowest BCUT2D eigenvalue weighted by atomic mass is 9.99. The Bertz CT molecular complexity index is 593. The third-order valence-corrected chi connectivity index (χ3v) is 4.21. The lowest BCUT2D eigenvalue weighted by Gasteiger charge is -2.26. The number of carbonyl (C=O) groups is 1. The molecule has 1 heterocycles. The summed E-state index contributed by atoms with van der Waals surface area (Å²) >= 11 is 0. The van der Waals surface area contributed by atoms with Gasteiger partial charge >= 0.3 is 18.3 Å². The molecule has 3 nitrogen and oxygen atoms in total. The molecule has 1 fully saturated rings. The van der Waals surface area contributed by atoms with Crippen LogP contribution in [0.1, 0.15) is 36.1 Å². The van der Waals surface area contributed by atoms with Crippen molar-refractivity contribution in [1.29, 1.82) is 0 Å². The third-order valence-electron chi connectivity index (χ3n) is 4.21. The van der Waals surface area contributed by atoms with Gasteiger partial charge in [0.15, 0.2) is 0 Å². The Kier molecular flexibility index (Phi) is 4.85. The van der Waals surface area contributed by atoms with Crippen LogP contribution < -0.4 is 0 Å². The van der Waals surface area contributed by atoms with Crippen molar-refractivity contribution >= 4 is 5.97 Å². The zero-order chi connectivity index (χ0) is 18.3. The SMILES string of the molecule is CC(c1cc(C(F)(F)F)cc(C(F)(F)F)c1)N1CCC(C(=O)O)C1. The molecule has 1 aliphatic rings. The Morgan fingerprint density at radius 3 is 2.00 bits per heavy atom. The monoisotopic (exact) mass is 355 g/mol. The molecule has 2 rings (SSSR count). The fourth-order valence-corrected chi connectivity index (χ4v) is 2.77. The second-order valence-electron chi connectivity index (χ2n) is 5.83. The van der Waals surface area contributed by atoms with Gasteiger partial charge in [0.2, 0.25) is 0 Å². The number of hydrogen-bond donors (Lipinski definition) is 1. The highest BCUT2D eigenvalue weighted by molar-refractivity contribution is 5.70. The quantitative estimate of drug-likeness (QED) is 0.827. The van der Waals surface area contributed by atoms with Crippen molar-refractivity contribution in [3.8, 4) is 0 Å². The van der Waals surface area contributed by atoms with Gasteiger partial charge in [-0.1, -0.05) is 0 Å². The third kappa shape index (κ3) is 4.00. The minimum Gasteiger partial charge on any atom is -0.481 e. The van der Waals surface area contributed by atoms with Gasteiger partial charge in [-0.3, -0.25) is 9.69 Å². The van der Waals surface area contributed by atoms with Gasteiger partial charge in [-0.2, -0.15) is 26.3 Å². The summed E-state index contributed by atoms with van der Waals surface area (Å²) in [6, 6.07) is 0.708. The summed E-state index contributed by atoms with van der Waals surface area (Å²) in [7, 11) is 0. The van der Waals surface area contributed by atoms with Gasteiger partial charge in [-0.25, -0.2) is 0 Å². The molecule has 0 saturated carbocycles. The number of halogens is 6. The largest absolute Gasteiger partial charge is 0.481 e. The summed E-state index contributed by atoms with van der Waals surface area (Å²) in [4.78, 5) is 12.5. The number of carboxylic acids is 1. The van der Waals surface area contributed by atoms with Gasteiger partial charge in [0, 0.05) is 12.6 Å². The Balaban J connectivity index is 2.37. The minimum absolute atomic E-state index is 0.0836. The number of carboxylic acid groups (broad SMARTS) is 1. The van der Waals surface area contributed by atoms with Crippen molar-refractivity contribution in [2.24, 2.45) is 5.92 Å². The van der Waals surface area contributed by atoms with Crippen molar-refractivity contribution < 1.29 is 36.2 Å². The van der Waals surface area contributed by atoms with Crippen LogP contribution in [-0.2, 0) is 17.1 Å². The standard InChI is InChI=1S/C15H15F6NO2/c1-8(22-3-2-9(7-22)13(23)24)10-4-11(14(16,17)18)6-12(5-10)15(19,20)21/h4-6,8-9H,2-3,7H2,1H3,(H,23,24). The summed E-state index contributed by atoms with van der Waals surface area (Å²) in [5.41, 5.74) is -2.87. The maximum Gasteiger partial charge on any atom is 0.416 e. The highest BCUT2D eigenvalue weighted by atomic mass is 19.4. The van der Waals surface area contributed by atoms with Crippen molar-refractivity contribution in [3.05, 3.63) is 34.9 Å². The number of aliphatic carboxylic acids is 1. The summed E-state index contributed by atoms with van der Waals surface area (Å²) in [6.45, 7) is 1.86. The molecule has 1 N–H and O–H groups in total. The van der Waals surface area contributed by atoms with Gasteiger partial charge in [-0.15, -0.1) is 0 Å². The molecule has 134 valence electrons. The van der Waals surface area contributed by atoms with Crippen LogP contribution in [0.4, 0.5) is 26.3 Å². The molecule has 9 heteroatoms. The van der Waals surface area contributed by atoms with E-state index >= 15 is 0 Å². The molecule has 0 amide bonds. The average molecular weight is 355 g/mol. The fraction of sp³-hybridized carbons (Fsp3) is 0.533. The molecule has 2 atom stereocenters. The molecule has 1 aromatic rings. The molecule has 1 aliphatic heterocycles. The summed E-state index contributed by atoms with van der Waals surface area (Å²) in [5, 5.41) is 8.96. The van der Waals surface area contributed by atoms with Crippen LogP contribution in [0.2, 0.25) is 0 Å². The molecular weight excluding hydrogens is 340 g/mol. The molecule has 0 aromatic heterocycles. The topological polar surface area (TPSA) is 40.5 Å². The smallest absolute Gasteiger partial charge is 0.416 e. The first-order valence-corrected chi connectivity index (χ1v) is 7.16. The average Bonchev–Trinajstić information content (AvgIpc) is 2.94. The zero-order valence-electron chi connectivity index (χ0n) is 12.6. The summed E-state index contributed by atoms with van der Waals surface area (Å²) in [6.07, 6.45) is -9.49. The molecule has 0 bridgehead atoms. The second kappa shape index (κ2) is 6.27. The van der Waals surface area contributed by atoms with Crippen LogP contribution in [-0.4, -0.2) is 29.1 Å². The molecule has 24 heavy (non-hydrogen) atoms. The highest BCUT2D eigenvalue weighted by Crippen LogP contribution is 2.38. The van der Waals surface area contributed by atoms with E-state index in [1.54, 1.807) is 4.90 Å². The zero-order valence-corrected chi connectivity index (χ0v) is 12.6. The number of alkyl halides is 6.